The predicted octanol–water partition coefficient (Wildman–Crippen LogP) is 3.11. The zero-order valence-electron chi connectivity index (χ0n) is 15.3. The minimum Gasteiger partial charge on any atom is -0.368 e. The van der Waals surface area contributed by atoms with Crippen molar-refractivity contribution in [2.24, 2.45) is 0 Å². The lowest BCUT2D eigenvalue weighted by Gasteiger charge is -2.37. The summed E-state index contributed by atoms with van der Waals surface area (Å²) in [6, 6.07) is 16.6. The molecule has 1 aliphatic heterocycles. The summed E-state index contributed by atoms with van der Waals surface area (Å²) in [5.41, 5.74) is 4.57. The Hall–Kier alpha value is -2.33. The van der Waals surface area contributed by atoms with Gasteiger partial charge in [0.15, 0.2) is 5.78 Å². The first-order valence-electron chi connectivity index (χ1n) is 8.96. The van der Waals surface area contributed by atoms with Gasteiger partial charge in [-0.1, -0.05) is 12.1 Å². The summed E-state index contributed by atoms with van der Waals surface area (Å²) in [6.07, 6.45) is 0. The molecule has 0 saturated carbocycles. The second-order valence-corrected chi connectivity index (χ2v) is 6.73. The Morgan fingerprint density at radius 3 is 2.12 bits per heavy atom. The Bertz CT molecular complexity index is 718. The zero-order chi connectivity index (χ0) is 17.8. The van der Waals surface area contributed by atoms with Crippen molar-refractivity contribution in [3.05, 3.63) is 59.7 Å². The maximum atomic E-state index is 12.2. The largest absolute Gasteiger partial charge is 0.368 e. The van der Waals surface area contributed by atoms with Gasteiger partial charge in [-0.3, -0.25) is 4.79 Å². The molecule has 0 aliphatic carbocycles. The second kappa shape index (κ2) is 7.70. The highest BCUT2D eigenvalue weighted by Crippen LogP contribution is 2.22. The number of hydrogen-bond acceptors (Lipinski definition) is 4. The van der Waals surface area contributed by atoms with E-state index in [1.807, 2.05) is 26.1 Å². The molecule has 0 bridgehead atoms. The molecule has 0 aromatic heterocycles. The van der Waals surface area contributed by atoms with Gasteiger partial charge in [0.1, 0.15) is 0 Å². The number of nitrogens with one attached hydrogen (secondary N) is 1. The molecule has 4 nitrogen and oxygen atoms in total. The van der Waals surface area contributed by atoms with E-state index in [4.69, 9.17) is 0 Å². The molecule has 3 rings (SSSR count). The molecular weight excluding hydrogens is 310 g/mol. The molecule has 25 heavy (non-hydrogen) atoms. The maximum absolute atomic E-state index is 12.2. The number of hydrogen-bond donors (Lipinski definition) is 1. The van der Waals surface area contributed by atoms with E-state index in [1.165, 1.54) is 16.9 Å². The first-order chi connectivity index (χ1) is 12.1. The molecule has 0 spiro atoms. The van der Waals surface area contributed by atoms with Gasteiger partial charge in [-0.25, -0.2) is 0 Å². The van der Waals surface area contributed by atoms with Crippen molar-refractivity contribution in [3.8, 4) is 0 Å². The van der Waals surface area contributed by atoms with Gasteiger partial charge in [0.05, 0.1) is 6.04 Å². The van der Waals surface area contributed by atoms with Crippen molar-refractivity contribution in [3.63, 3.8) is 0 Å². The normalized spacial score (nSPS) is 16.0. The van der Waals surface area contributed by atoms with Crippen LogP contribution in [0.25, 0.3) is 0 Å². The Morgan fingerprint density at radius 2 is 1.56 bits per heavy atom. The molecule has 2 aromatic carbocycles. The summed E-state index contributed by atoms with van der Waals surface area (Å²) in [6.45, 7) is 8.04. The number of Topliss-reactive ketones (excluding diaryl/α,β-unsaturated/α-hetero) is 1. The smallest absolute Gasteiger partial charge is 0.179 e. The molecule has 1 fully saturated rings. The molecule has 1 aliphatic rings. The summed E-state index contributed by atoms with van der Waals surface area (Å²) in [7, 11) is 1.81. The van der Waals surface area contributed by atoms with Gasteiger partial charge < -0.3 is 15.1 Å². The fourth-order valence-corrected chi connectivity index (χ4v) is 3.27. The number of likely N-dealkylation sites (N-methyl/N-ethyl adjacent to an activating group) is 1. The number of rotatable bonds is 5. The van der Waals surface area contributed by atoms with Gasteiger partial charge in [0, 0.05) is 43.1 Å². The molecule has 1 saturated heterocycles. The number of carbonyl (C=O) groups excluding carboxylic acids is 1. The van der Waals surface area contributed by atoms with Crippen LogP contribution in [0.3, 0.4) is 0 Å². The van der Waals surface area contributed by atoms with Crippen LogP contribution in [-0.4, -0.2) is 45.1 Å². The first-order valence-corrected chi connectivity index (χ1v) is 8.96. The average molecular weight is 337 g/mol. The number of anilines is 2. The number of ketones is 1. The van der Waals surface area contributed by atoms with E-state index in [9.17, 15) is 4.79 Å². The van der Waals surface area contributed by atoms with E-state index >= 15 is 0 Å². The monoisotopic (exact) mass is 337 g/mol. The summed E-state index contributed by atoms with van der Waals surface area (Å²) in [4.78, 5) is 17.0. The number of nitrogens with zero attached hydrogens (tertiary/aromatic N) is 2. The highest BCUT2D eigenvalue weighted by Gasteiger charge is 2.18. The van der Waals surface area contributed by atoms with Crippen molar-refractivity contribution >= 4 is 17.2 Å². The van der Waals surface area contributed by atoms with Gasteiger partial charge in [-0.2, -0.15) is 0 Å². The molecule has 2 aromatic rings. The second-order valence-electron chi connectivity index (χ2n) is 6.73. The van der Waals surface area contributed by atoms with Crippen LogP contribution >= 0.6 is 0 Å². The summed E-state index contributed by atoms with van der Waals surface area (Å²) < 4.78 is 0. The van der Waals surface area contributed by atoms with Gasteiger partial charge in [0.25, 0.3) is 0 Å². The lowest BCUT2D eigenvalue weighted by Crippen LogP contribution is -2.46. The van der Waals surface area contributed by atoms with E-state index in [0.717, 1.165) is 31.7 Å². The van der Waals surface area contributed by atoms with Crippen LogP contribution in [0.4, 0.5) is 11.4 Å². The zero-order valence-corrected chi connectivity index (χ0v) is 15.3. The number of carbonyl (C=O) groups is 1. The molecular formula is C21H27N3O. The Kier molecular flexibility index (Phi) is 5.39. The third-order valence-electron chi connectivity index (χ3n) is 4.99. The van der Waals surface area contributed by atoms with Crippen molar-refractivity contribution in [2.75, 3.05) is 43.0 Å². The molecule has 1 N–H and O–H groups in total. The van der Waals surface area contributed by atoms with Gasteiger partial charge in [-0.05, 0) is 62.9 Å². The van der Waals surface area contributed by atoms with E-state index in [1.54, 1.807) is 0 Å². The summed E-state index contributed by atoms with van der Waals surface area (Å²) >= 11 is 0. The van der Waals surface area contributed by atoms with E-state index in [0.29, 0.717) is 0 Å². The minimum absolute atomic E-state index is 0.137. The molecule has 132 valence electrons. The molecule has 1 unspecified atom stereocenters. The third kappa shape index (κ3) is 4.02. The van der Waals surface area contributed by atoms with Crippen LogP contribution in [-0.2, 0) is 0 Å². The lowest BCUT2D eigenvalue weighted by atomic mass is 10.0. The first kappa shape index (κ1) is 17.5. The van der Waals surface area contributed by atoms with E-state index in [-0.39, 0.29) is 11.8 Å². The maximum Gasteiger partial charge on any atom is 0.179 e. The fourth-order valence-electron chi connectivity index (χ4n) is 3.27. The SMILES string of the molecule is CNC(C)C(=O)c1ccc(N2CCN(c3cccc(C)c3)CC2)cc1. The van der Waals surface area contributed by atoms with Crippen molar-refractivity contribution < 1.29 is 4.79 Å². The highest BCUT2D eigenvalue weighted by molar-refractivity contribution is 6.00. The quantitative estimate of drug-likeness (QED) is 0.851. The van der Waals surface area contributed by atoms with Crippen LogP contribution in [0.1, 0.15) is 22.8 Å². The van der Waals surface area contributed by atoms with Crippen LogP contribution in [0.2, 0.25) is 0 Å². The fraction of sp³-hybridized carbons (Fsp3) is 0.381. The Morgan fingerprint density at radius 1 is 0.960 bits per heavy atom. The van der Waals surface area contributed by atoms with Gasteiger partial charge >= 0.3 is 0 Å². The van der Waals surface area contributed by atoms with E-state index < -0.39 is 0 Å². The number of benzene rings is 2. The highest BCUT2D eigenvalue weighted by atomic mass is 16.1. The Labute approximate surface area is 150 Å². The van der Waals surface area contributed by atoms with E-state index in [2.05, 4.69) is 58.4 Å². The van der Waals surface area contributed by atoms with Crippen LogP contribution in [0.5, 0.6) is 0 Å². The topological polar surface area (TPSA) is 35.6 Å². The Balaban J connectivity index is 1.62. The minimum atomic E-state index is -0.149. The van der Waals surface area contributed by atoms with Crippen LogP contribution in [0.15, 0.2) is 48.5 Å². The third-order valence-corrected chi connectivity index (χ3v) is 4.99. The van der Waals surface area contributed by atoms with Crippen molar-refractivity contribution in [1.82, 2.24) is 5.32 Å². The number of aryl methyl sites for hydroxylation is 1. The van der Waals surface area contributed by atoms with Gasteiger partial charge in [-0.15, -0.1) is 0 Å². The van der Waals surface area contributed by atoms with Crippen LogP contribution < -0.4 is 15.1 Å². The standard InChI is InChI=1S/C21H27N3O/c1-16-5-4-6-20(15-16)24-13-11-23(12-14-24)19-9-7-18(8-10-19)21(25)17(2)22-3/h4-10,15,17,22H,11-14H2,1-3H3. The summed E-state index contributed by atoms with van der Waals surface area (Å²) in [5.74, 6) is 0.137. The average Bonchev–Trinajstić information content (AvgIpc) is 2.67. The lowest BCUT2D eigenvalue weighted by molar-refractivity contribution is 0.0955. The molecule has 0 amide bonds. The predicted molar refractivity (Wildman–Crippen MR) is 105 cm³/mol. The van der Waals surface area contributed by atoms with Gasteiger partial charge in [0.2, 0.25) is 0 Å². The molecule has 4 heteroatoms. The van der Waals surface area contributed by atoms with Crippen LogP contribution in [0, 0.1) is 6.92 Å². The molecule has 1 atom stereocenters. The van der Waals surface area contributed by atoms with Crippen molar-refractivity contribution in [1.29, 1.82) is 0 Å². The van der Waals surface area contributed by atoms with Crippen molar-refractivity contribution in [2.45, 2.75) is 19.9 Å². The number of piperazine rings is 1. The summed E-state index contributed by atoms with van der Waals surface area (Å²) in [5, 5.41) is 3.00. The molecule has 0 radical (unpaired) electrons. The molecule has 1 heterocycles.